The SMILES string of the molecule is COc1cccc([C@@H](C)NCC=CC#CC(C)(C)O)c1. The van der Waals surface area contributed by atoms with Gasteiger partial charge in [-0.2, -0.15) is 0 Å². The molecule has 108 valence electrons. The average molecular weight is 273 g/mol. The third-order valence-corrected chi connectivity index (χ3v) is 2.71. The van der Waals surface area contributed by atoms with E-state index in [-0.39, 0.29) is 6.04 Å². The van der Waals surface area contributed by atoms with Crippen LogP contribution in [0.15, 0.2) is 36.4 Å². The second-order valence-corrected chi connectivity index (χ2v) is 5.14. The molecule has 0 aliphatic heterocycles. The molecule has 0 radical (unpaired) electrons. The zero-order chi connectivity index (χ0) is 15.0. The molecule has 3 heteroatoms. The molecule has 0 amide bonds. The van der Waals surface area contributed by atoms with Gasteiger partial charge in [-0.15, -0.1) is 0 Å². The van der Waals surface area contributed by atoms with Crippen LogP contribution in [0.2, 0.25) is 0 Å². The van der Waals surface area contributed by atoms with Crippen molar-refractivity contribution in [3.63, 3.8) is 0 Å². The summed E-state index contributed by atoms with van der Waals surface area (Å²) in [6, 6.07) is 8.24. The first-order chi connectivity index (χ1) is 9.42. The monoisotopic (exact) mass is 273 g/mol. The Kier molecular flexibility index (Phi) is 6.30. The van der Waals surface area contributed by atoms with E-state index >= 15 is 0 Å². The summed E-state index contributed by atoms with van der Waals surface area (Å²) in [5.41, 5.74) is 0.242. The Labute approximate surface area is 121 Å². The Balaban J connectivity index is 2.45. The highest BCUT2D eigenvalue weighted by Gasteiger charge is 2.05. The van der Waals surface area contributed by atoms with Gasteiger partial charge in [0, 0.05) is 12.6 Å². The summed E-state index contributed by atoms with van der Waals surface area (Å²) >= 11 is 0. The van der Waals surface area contributed by atoms with Gasteiger partial charge in [0.05, 0.1) is 7.11 Å². The molecule has 0 saturated carbocycles. The molecule has 1 aromatic rings. The summed E-state index contributed by atoms with van der Waals surface area (Å²) in [6.45, 7) is 6.15. The minimum Gasteiger partial charge on any atom is -0.497 e. The van der Waals surface area contributed by atoms with Gasteiger partial charge in [-0.3, -0.25) is 0 Å². The molecule has 20 heavy (non-hydrogen) atoms. The molecular formula is C17H23NO2. The van der Waals surface area contributed by atoms with Gasteiger partial charge in [0.25, 0.3) is 0 Å². The first-order valence-corrected chi connectivity index (χ1v) is 6.70. The largest absolute Gasteiger partial charge is 0.497 e. The third-order valence-electron chi connectivity index (χ3n) is 2.71. The van der Waals surface area contributed by atoms with Crippen molar-refractivity contribution in [3.05, 3.63) is 42.0 Å². The summed E-state index contributed by atoms with van der Waals surface area (Å²) in [7, 11) is 1.67. The average Bonchev–Trinajstić information content (AvgIpc) is 2.41. The van der Waals surface area contributed by atoms with E-state index in [1.54, 1.807) is 27.0 Å². The molecule has 0 bridgehead atoms. The van der Waals surface area contributed by atoms with E-state index in [0.29, 0.717) is 0 Å². The van der Waals surface area contributed by atoms with E-state index in [0.717, 1.165) is 12.3 Å². The summed E-state index contributed by atoms with van der Waals surface area (Å²) < 4.78 is 5.21. The fourth-order valence-corrected chi connectivity index (χ4v) is 1.61. The Morgan fingerprint density at radius 2 is 2.20 bits per heavy atom. The fourth-order valence-electron chi connectivity index (χ4n) is 1.61. The number of nitrogens with one attached hydrogen (secondary N) is 1. The molecule has 2 N–H and O–H groups in total. The normalized spacial score (nSPS) is 12.8. The lowest BCUT2D eigenvalue weighted by Gasteiger charge is -2.13. The number of ether oxygens (including phenoxy) is 1. The van der Waals surface area contributed by atoms with E-state index in [9.17, 15) is 5.11 Å². The minimum absolute atomic E-state index is 0.233. The van der Waals surface area contributed by atoms with Gasteiger partial charge in [-0.05, 0) is 44.5 Å². The van der Waals surface area contributed by atoms with Crippen LogP contribution in [-0.4, -0.2) is 24.4 Å². The van der Waals surface area contributed by atoms with Crippen LogP contribution in [0.5, 0.6) is 5.75 Å². The number of hydrogen-bond donors (Lipinski definition) is 2. The second kappa shape index (κ2) is 7.74. The molecule has 0 unspecified atom stereocenters. The number of aliphatic hydroxyl groups is 1. The number of allylic oxidation sites excluding steroid dienone is 1. The Bertz CT molecular complexity index is 504. The van der Waals surface area contributed by atoms with E-state index in [4.69, 9.17) is 4.74 Å². The van der Waals surface area contributed by atoms with Crippen LogP contribution >= 0.6 is 0 Å². The zero-order valence-electron chi connectivity index (χ0n) is 12.6. The molecule has 1 rings (SSSR count). The van der Waals surface area contributed by atoms with Gasteiger partial charge < -0.3 is 15.2 Å². The van der Waals surface area contributed by atoms with Crippen molar-refractivity contribution in [1.82, 2.24) is 5.32 Å². The molecule has 0 aliphatic carbocycles. The van der Waals surface area contributed by atoms with Gasteiger partial charge in [-0.1, -0.05) is 30.0 Å². The van der Waals surface area contributed by atoms with Crippen molar-refractivity contribution in [2.75, 3.05) is 13.7 Å². The molecule has 0 fully saturated rings. The van der Waals surface area contributed by atoms with Gasteiger partial charge in [0.1, 0.15) is 11.4 Å². The van der Waals surface area contributed by atoms with Crippen LogP contribution in [0, 0.1) is 11.8 Å². The maximum Gasteiger partial charge on any atom is 0.120 e. The Morgan fingerprint density at radius 3 is 2.85 bits per heavy atom. The van der Waals surface area contributed by atoms with E-state index in [1.165, 1.54) is 5.56 Å². The van der Waals surface area contributed by atoms with Crippen LogP contribution in [0.1, 0.15) is 32.4 Å². The van der Waals surface area contributed by atoms with Crippen molar-refractivity contribution in [2.45, 2.75) is 32.4 Å². The lowest BCUT2D eigenvalue weighted by atomic mass is 10.1. The van der Waals surface area contributed by atoms with Crippen LogP contribution < -0.4 is 10.1 Å². The number of methoxy groups -OCH3 is 1. The first-order valence-electron chi connectivity index (χ1n) is 6.70. The molecular weight excluding hydrogens is 250 g/mol. The zero-order valence-corrected chi connectivity index (χ0v) is 12.6. The van der Waals surface area contributed by atoms with Crippen molar-refractivity contribution in [3.8, 4) is 17.6 Å². The van der Waals surface area contributed by atoms with Gasteiger partial charge >= 0.3 is 0 Å². The summed E-state index contributed by atoms with van der Waals surface area (Å²) in [5, 5.41) is 12.8. The van der Waals surface area contributed by atoms with Crippen LogP contribution in [-0.2, 0) is 0 Å². The highest BCUT2D eigenvalue weighted by atomic mass is 16.5. The Morgan fingerprint density at radius 1 is 1.45 bits per heavy atom. The molecule has 0 spiro atoms. The standard InChI is InChI=1S/C17H23NO2/c1-14(15-9-8-10-16(13-15)20-4)18-12-7-5-6-11-17(2,3)19/h5,7-10,13-14,18-19H,12H2,1-4H3/t14-/m1/s1. The van der Waals surface area contributed by atoms with E-state index in [2.05, 4.69) is 30.1 Å². The van der Waals surface area contributed by atoms with Crippen molar-refractivity contribution >= 4 is 0 Å². The fraction of sp³-hybridized carbons (Fsp3) is 0.412. The molecule has 3 nitrogen and oxygen atoms in total. The molecule has 0 aromatic heterocycles. The molecule has 0 heterocycles. The lowest BCUT2D eigenvalue weighted by Crippen LogP contribution is -2.18. The third kappa shape index (κ3) is 6.42. The van der Waals surface area contributed by atoms with Gasteiger partial charge in [0.15, 0.2) is 0 Å². The van der Waals surface area contributed by atoms with Crippen LogP contribution in [0.3, 0.4) is 0 Å². The molecule has 1 atom stereocenters. The molecule has 0 saturated heterocycles. The summed E-state index contributed by atoms with van der Waals surface area (Å²) in [4.78, 5) is 0. The highest BCUT2D eigenvalue weighted by Crippen LogP contribution is 2.18. The van der Waals surface area contributed by atoms with Crippen molar-refractivity contribution < 1.29 is 9.84 Å². The highest BCUT2D eigenvalue weighted by molar-refractivity contribution is 5.30. The predicted octanol–water partition coefficient (Wildman–Crippen LogP) is 2.68. The predicted molar refractivity (Wildman–Crippen MR) is 82.6 cm³/mol. The summed E-state index contributed by atoms with van der Waals surface area (Å²) in [6.07, 6.45) is 3.69. The second-order valence-electron chi connectivity index (χ2n) is 5.14. The maximum atomic E-state index is 9.43. The van der Waals surface area contributed by atoms with Crippen LogP contribution in [0.4, 0.5) is 0 Å². The van der Waals surface area contributed by atoms with Gasteiger partial charge in [-0.25, -0.2) is 0 Å². The lowest BCUT2D eigenvalue weighted by molar-refractivity contribution is 0.143. The van der Waals surface area contributed by atoms with E-state index < -0.39 is 5.60 Å². The van der Waals surface area contributed by atoms with Crippen molar-refractivity contribution in [1.29, 1.82) is 0 Å². The topological polar surface area (TPSA) is 41.5 Å². The minimum atomic E-state index is -0.939. The van der Waals surface area contributed by atoms with Crippen LogP contribution in [0.25, 0.3) is 0 Å². The smallest absolute Gasteiger partial charge is 0.120 e. The van der Waals surface area contributed by atoms with Gasteiger partial charge in [0.2, 0.25) is 0 Å². The molecule has 0 aliphatic rings. The maximum absolute atomic E-state index is 9.43. The Hall–Kier alpha value is -1.76. The quantitative estimate of drug-likeness (QED) is 0.810. The van der Waals surface area contributed by atoms with Crippen molar-refractivity contribution in [2.24, 2.45) is 0 Å². The number of benzene rings is 1. The number of rotatable bonds is 5. The summed E-state index contributed by atoms with van der Waals surface area (Å²) in [5.74, 6) is 6.41. The van der Waals surface area contributed by atoms with E-state index in [1.807, 2.05) is 24.3 Å². The number of hydrogen-bond acceptors (Lipinski definition) is 3. The first kappa shape index (κ1) is 16.3. The molecule has 1 aromatic carbocycles.